The molecule has 5 nitrogen and oxygen atoms in total. The highest BCUT2D eigenvalue weighted by molar-refractivity contribution is 7.89. The van der Waals surface area contributed by atoms with Gasteiger partial charge in [-0.15, -0.1) is 0 Å². The normalized spacial score (nSPS) is 11.6. The molecule has 1 heterocycles. The Bertz CT molecular complexity index is 670. The van der Waals surface area contributed by atoms with E-state index in [1.165, 1.54) is 4.31 Å². The van der Waals surface area contributed by atoms with Crippen molar-refractivity contribution in [1.29, 1.82) is 0 Å². The molecule has 0 bridgehead atoms. The van der Waals surface area contributed by atoms with Gasteiger partial charge in [0.1, 0.15) is 0 Å². The number of rotatable bonds is 6. The van der Waals surface area contributed by atoms with Crippen LogP contribution in [0.1, 0.15) is 12.5 Å². The fourth-order valence-corrected chi connectivity index (χ4v) is 3.44. The molecule has 1 N–H and O–H groups in total. The highest BCUT2D eigenvalue weighted by Crippen LogP contribution is 2.19. The van der Waals surface area contributed by atoms with Gasteiger partial charge in [-0.05, 0) is 42.0 Å². The highest BCUT2D eigenvalue weighted by Gasteiger charge is 2.23. The van der Waals surface area contributed by atoms with Crippen molar-refractivity contribution in [3.8, 4) is 0 Å². The third-order valence-electron chi connectivity index (χ3n) is 3.24. The molecule has 0 aliphatic rings. The molecule has 1 aromatic heterocycles. The first kappa shape index (κ1) is 15.5. The van der Waals surface area contributed by atoms with E-state index in [2.05, 4.69) is 10.3 Å². The Hall–Kier alpha value is -1.92. The first-order valence-electron chi connectivity index (χ1n) is 6.74. The second kappa shape index (κ2) is 6.69. The van der Waals surface area contributed by atoms with Gasteiger partial charge in [0.2, 0.25) is 10.0 Å². The van der Waals surface area contributed by atoms with Gasteiger partial charge in [-0.3, -0.25) is 4.98 Å². The maximum atomic E-state index is 12.7. The molecule has 0 aliphatic carbocycles. The summed E-state index contributed by atoms with van der Waals surface area (Å²) in [6.07, 6.45) is 3.33. The van der Waals surface area contributed by atoms with E-state index in [9.17, 15) is 8.42 Å². The maximum absolute atomic E-state index is 12.7. The molecule has 0 radical (unpaired) electrons. The number of sulfonamides is 1. The number of aromatic nitrogens is 1. The summed E-state index contributed by atoms with van der Waals surface area (Å²) in [4.78, 5) is 4.25. The molecule has 21 heavy (non-hydrogen) atoms. The van der Waals surface area contributed by atoms with Crippen molar-refractivity contribution in [2.75, 3.05) is 18.9 Å². The molecule has 2 aromatic rings. The van der Waals surface area contributed by atoms with Crippen molar-refractivity contribution < 1.29 is 8.42 Å². The monoisotopic (exact) mass is 305 g/mol. The minimum absolute atomic E-state index is 0.303. The molecule has 0 spiro atoms. The molecule has 6 heteroatoms. The molecule has 0 atom stereocenters. The summed E-state index contributed by atoms with van der Waals surface area (Å²) in [5.74, 6) is 0. The van der Waals surface area contributed by atoms with Crippen LogP contribution in [0.4, 0.5) is 5.69 Å². The van der Waals surface area contributed by atoms with E-state index in [0.29, 0.717) is 18.0 Å². The van der Waals surface area contributed by atoms with Gasteiger partial charge < -0.3 is 5.32 Å². The number of nitrogens with zero attached hydrogens (tertiary/aromatic N) is 2. The van der Waals surface area contributed by atoms with Crippen molar-refractivity contribution in [2.45, 2.75) is 18.4 Å². The van der Waals surface area contributed by atoms with Gasteiger partial charge in [0.25, 0.3) is 0 Å². The Morgan fingerprint density at radius 2 is 1.71 bits per heavy atom. The van der Waals surface area contributed by atoms with Crippen molar-refractivity contribution in [3.05, 3.63) is 54.4 Å². The predicted octanol–water partition coefficient (Wildman–Crippen LogP) is 2.33. The molecule has 0 saturated heterocycles. The van der Waals surface area contributed by atoms with Crippen LogP contribution in [0.2, 0.25) is 0 Å². The fourth-order valence-electron chi connectivity index (χ4n) is 2.00. The van der Waals surface area contributed by atoms with Gasteiger partial charge in [0.15, 0.2) is 0 Å². The molecule has 0 unspecified atom stereocenters. The summed E-state index contributed by atoms with van der Waals surface area (Å²) in [5, 5.41) is 2.97. The van der Waals surface area contributed by atoms with Crippen LogP contribution in [0, 0.1) is 0 Å². The number of hydrogen-bond donors (Lipinski definition) is 1. The lowest BCUT2D eigenvalue weighted by Gasteiger charge is -2.20. The Labute approximate surface area is 125 Å². The lowest BCUT2D eigenvalue weighted by atomic mass is 10.3. The van der Waals surface area contributed by atoms with Gasteiger partial charge in [-0.2, -0.15) is 4.31 Å². The SMILES string of the molecule is CCN(Cc1ccncc1)S(=O)(=O)c1ccc(NC)cc1. The quantitative estimate of drug-likeness (QED) is 0.890. The van der Waals surface area contributed by atoms with Gasteiger partial charge in [-0.1, -0.05) is 6.92 Å². The largest absolute Gasteiger partial charge is 0.388 e. The highest BCUT2D eigenvalue weighted by atomic mass is 32.2. The van der Waals surface area contributed by atoms with Crippen molar-refractivity contribution in [3.63, 3.8) is 0 Å². The van der Waals surface area contributed by atoms with Crippen molar-refractivity contribution in [2.24, 2.45) is 0 Å². The zero-order valence-corrected chi connectivity index (χ0v) is 13.0. The van der Waals surface area contributed by atoms with E-state index < -0.39 is 10.0 Å². The summed E-state index contributed by atoms with van der Waals surface area (Å²) in [5.41, 5.74) is 1.80. The number of anilines is 1. The molecule has 0 aliphatic heterocycles. The minimum atomic E-state index is -3.49. The van der Waals surface area contributed by atoms with Crippen LogP contribution in [0.5, 0.6) is 0 Å². The Morgan fingerprint density at radius 3 is 2.24 bits per heavy atom. The average molecular weight is 305 g/mol. The number of pyridine rings is 1. The molecule has 0 saturated carbocycles. The third-order valence-corrected chi connectivity index (χ3v) is 5.18. The summed E-state index contributed by atoms with van der Waals surface area (Å²) in [7, 11) is -1.69. The minimum Gasteiger partial charge on any atom is -0.388 e. The zero-order valence-electron chi connectivity index (χ0n) is 12.2. The van der Waals surface area contributed by atoms with E-state index in [4.69, 9.17) is 0 Å². The Balaban J connectivity index is 2.26. The van der Waals surface area contributed by atoms with Crippen LogP contribution in [0.3, 0.4) is 0 Å². The average Bonchev–Trinajstić information content (AvgIpc) is 2.53. The summed E-state index contributed by atoms with van der Waals surface area (Å²) in [6, 6.07) is 10.4. The van der Waals surface area contributed by atoms with E-state index in [1.807, 2.05) is 19.1 Å². The maximum Gasteiger partial charge on any atom is 0.243 e. The molecular formula is C15H19N3O2S. The number of nitrogens with one attached hydrogen (secondary N) is 1. The molecular weight excluding hydrogens is 286 g/mol. The second-order valence-corrected chi connectivity index (χ2v) is 6.50. The zero-order chi connectivity index (χ0) is 15.3. The molecule has 0 amide bonds. The Morgan fingerprint density at radius 1 is 1.10 bits per heavy atom. The fraction of sp³-hybridized carbons (Fsp3) is 0.267. The second-order valence-electron chi connectivity index (χ2n) is 4.56. The van der Waals surface area contributed by atoms with Crippen LogP contribution in [-0.4, -0.2) is 31.3 Å². The van der Waals surface area contributed by atoms with Crippen LogP contribution >= 0.6 is 0 Å². The molecule has 112 valence electrons. The van der Waals surface area contributed by atoms with E-state index in [0.717, 1.165) is 11.3 Å². The number of benzene rings is 1. The standard InChI is InChI=1S/C15H19N3O2S/c1-3-18(12-13-8-10-17-11-9-13)21(19,20)15-6-4-14(16-2)5-7-15/h4-11,16H,3,12H2,1-2H3. The summed E-state index contributed by atoms with van der Waals surface area (Å²) in [6.45, 7) is 2.59. The van der Waals surface area contributed by atoms with Gasteiger partial charge in [0.05, 0.1) is 4.90 Å². The topological polar surface area (TPSA) is 62.3 Å². The van der Waals surface area contributed by atoms with Crippen LogP contribution in [0.25, 0.3) is 0 Å². The lowest BCUT2D eigenvalue weighted by molar-refractivity contribution is 0.423. The van der Waals surface area contributed by atoms with Gasteiger partial charge in [-0.25, -0.2) is 8.42 Å². The van der Waals surface area contributed by atoms with Gasteiger partial charge >= 0.3 is 0 Å². The predicted molar refractivity (Wildman–Crippen MR) is 83.5 cm³/mol. The molecule has 2 rings (SSSR count). The number of hydrogen-bond acceptors (Lipinski definition) is 4. The van der Waals surface area contributed by atoms with Gasteiger partial charge in [0, 0.05) is 38.2 Å². The summed E-state index contributed by atoms with van der Waals surface area (Å²) >= 11 is 0. The van der Waals surface area contributed by atoms with Crippen LogP contribution in [0.15, 0.2) is 53.7 Å². The van der Waals surface area contributed by atoms with Crippen molar-refractivity contribution >= 4 is 15.7 Å². The van der Waals surface area contributed by atoms with Crippen LogP contribution in [-0.2, 0) is 16.6 Å². The molecule has 1 aromatic carbocycles. The summed E-state index contributed by atoms with van der Waals surface area (Å²) < 4.78 is 26.8. The third kappa shape index (κ3) is 3.59. The molecule has 0 fully saturated rings. The van der Waals surface area contributed by atoms with E-state index in [-0.39, 0.29) is 0 Å². The first-order chi connectivity index (χ1) is 10.1. The lowest BCUT2D eigenvalue weighted by Crippen LogP contribution is -2.30. The Kier molecular flexibility index (Phi) is 4.93. The van der Waals surface area contributed by atoms with Crippen molar-refractivity contribution in [1.82, 2.24) is 9.29 Å². The first-order valence-corrected chi connectivity index (χ1v) is 8.18. The smallest absolute Gasteiger partial charge is 0.243 e. The van der Waals surface area contributed by atoms with E-state index in [1.54, 1.807) is 43.7 Å². The van der Waals surface area contributed by atoms with E-state index >= 15 is 0 Å². The van der Waals surface area contributed by atoms with Crippen LogP contribution < -0.4 is 5.32 Å².